The number of hydrogen-bond acceptors (Lipinski definition) is 3. The summed E-state index contributed by atoms with van der Waals surface area (Å²) in [6.45, 7) is 7.07. The molecule has 0 aliphatic carbocycles. The number of rotatable bonds is 1. The Morgan fingerprint density at radius 2 is 1.82 bits per heavy atom. The van der Waals surface area contributed by atoms with Crippen molar-refractivity contribution >= 4 is 0 Å². The molecular formula is C8H17N3. The Labute approximate surface area is 68.1 Å². The maximum absolute atomic E-state index is 5.65. The first kappa shape index (κ1) is 7.53. The van der Waals surface area contributed by atoms with Crippen molar-refractivity contribution in [2.45, 2.75) is 6.42 Å². The van der Waals surface area contributed by atoms with Gasteiger partial charge >= 0.3 is 0 Å². The number of nitrogens with two attached hydrogens (primary N) is 1. The minimum atomic E-state index is 0.726. The quantitative estimate of drug-likeness (QED) is 0.556. The van der Waals surface area contributed by atoms with Gasteiger partial charge in [-0.1, -0.05) is 0 Å². The molecule has 2 aliphatic rings. The molecule has 2 unspecified atom stereocenters. The molecule has 2 saturated heterocycles. The Bertz CT molecular complexity index is 125. The third-order valence-corrected chi connectivity index (χ3v) is 2.71. The van der Waals surface area contributed by atoms with Crippen LogP contribution >= 0.6 is 0 Å². The van der Waals surface area contributed by atoms with Gasteiger partial charge in [0.05, 0.1) is 6.67 Å². The normalized spacial score (nSPS) is 43.9. The van der Waals surface area contributed by atoms with Crippen molar-refractivity contribution in [3.05, 3.63) is 0 Å². The maximum Gasteiger partial charge on any atom is 0.0506 e. The average molecular weight is 155 g/mol. The summed E-state index contributed by atoms with van der Waals surface area (Å²) in [5.74, 6) is 0.726. The summed E-state index contributed by atoms with van der Waals surface area (Å²) in [4.78, 5) is 5.04. The first-order valence-electron chi connectivity index (χ1n) is 4.53. The SMILES string of the molecule is NCC1CN2CCCN(C1)C2. The van der Waals surface area contributed by atoms with Gasteiger partial charge in [0.15, 0.2) is 0 Å². The topological polar surface area (TPSA) is 32.5 Å². The molecule has 2 bridgehead atoms. The Hall–Kier alpha value is -0.120. The standard InChI is InChI=1S/C8H17N3/c9-4-8-5-10-2-1-3-11(6-8)7-10/h8H,1-7,9H2. The number of nitrogens with zero attached hydrogens (tertiary/aromatic N) is 2. The fourth-order valence-electron chi connectivity index (χ4n) is 2.18. The molecule has 0 aromatic rings. The molecule has 0 aromatic heterocycles. The van der Waals surface area contributed by atoms with E-state index in [9.17, 15) is 0 Å². The van der Waals surface area contributed by atoms with Gasteiger partial charge in [-0.05, 0) is 18.9 Å². The monoisotopic (exact) mass is 155 g/mol. The molecular weight excluding hydrogens is 138 g/mol. The zero-order chi connectivity index (χ0) is 7.68. The summed E-state index contributed by atoms with van der Waals surface area (Å²) in [5, 5.41) is 0. The van der Waals surface area contributed by atoms with Crippen LogP contribution in [0.25, 0.3) is 0 Å². The van der Waals surface area contributed by atoms with E-state index in [1.54, 1.807) is 0 Å². The van der Waals surface area contributed by atoms with Crippen molar-refractivity contribution in [1.82, 2.24) is 9.80 Å². The molecule has 0 aromatic carbocycles. The Kier molecular flexibility index (Phi) is 2.11. The Morgan fingerprint density at radius 3 is 2.36 bits per heavy atom. The fraction of sp³-hybridized carbons (Fsp3) is 1.00. The van der Waals surface area contributed by atoms with Gasteiger partial charge < -0.3 is 5.73 Å². The number of hydrogen-bond donors (Lipinski definition) is 1. The molecule has 2 aliphatic heterocycles. The summed E-state index contributed by atoms with van der Waals surface area (Å²) in [5.41, 5.74) is 5.65. The zero-order valence-corrected chi connectivity index (χ0v) is 7.00. The molecule has 2 atom stereocenters. The summed E-state index contributed by atoms with van der Waals surface area (Å²) in [6, 6.07) is 0. The lowest BCUT2D eigenvalue weighted by atomic mass is 10.0. The van der Waals surface area contributed by atoms with Crippen LogP contribution < -0.4 is 5.73 Å². The first-order chi connectivity index (χ1) is 5.38. The van der Waals surface area contributed by atoms with Crippen molar-refractivity contribution in [2.75, 3.05) is 39.4 Å². The molecule has 2 rings (SSSR count). The summed E-state index contributed by atoms with van der Waals surface area (Å²) in [6.07, 6.45) is 1.34. The lowest BCUT2D eigenvalue weighted by Crippen LogP contribution is -2.55. The van der Waals surface area contributed by atoms with Crippen LogP contribution in [0.2, 0.25) is 0 Å². The van der Waals surface area contributed by atoms with Gasteiger partial charge in [0, 0.05) is 26.2 Å². The van der Waals surface area contributed by atoms with E-state index in [-0.39, 0.29) is 0 Å². The van der Waals surface area contributed by atoms with Gasteiger partial charge in [0.1, 0.15) is 0 Å². The van der Waals surface area contributed by atoms with Crippen LogP contribution in [-0.2, 0) is 0 Å². The van der Waals surface area contributed by atoms with Crippen LogP contribution in [0.4, 0.5) is 0 Å². The molecule has 2 fully saturated rings. The first-order valence-corrected chi connectivity index (χ1v) is 4.53. The van der Waals surface area contributed by atoms with Crippen molar-refractivity contribution in [3.8, 4) is 0 Å². The molecule has 0 spiro atoms. The van der Waals surface area contributed by atoms with E-state index in [0.29, 0.717) is 0 Å². The van der Waals surface area contributed by atoms with Crippen LogP contribution in [0.15, 0.2) is 0 Å². The second-order valence-corrected chi connectivity index (χ2v) is 3.75. The third-order valence-electron chi connectivity index (χ3n) is 2.71. The van der Waals surface area contributed by atoms with Gasteiger partial charge in [-0.2, -0.15) is 0 Å². The van der Waals surface area contributed by atoms with Crippen molar-refractivity contribution < 1.29 is 0 Å². The third kappa shape index (κ3) is 1.55. The van der Waals surface area contributed by atoms with Crippen molar-refractivity contribution in [2.24, 2.45) is 11.7 Å². The minimum Gasteiger partial charge on any atom is -0.330 e. The van der Waals surface area contributed by atoms with Crippen LogP contribution in [-0.4, -0.2) is 49.2 Å². The molecule has 0 radical (unpaired) electrons. The summed E-state index contributed by atoms with van der Waals surface area (Å²) >= 11 is 0. The molecule has 3 heteroatoms. The molecule has 0 saturated carbocycles. The average Bonchev–Trinajstić information content (AvgIpc) is 2.03. The molecule has 0 amide bonds. The molecule has 11 heavy (non-hydrogen) atoms. The Morgan fingerprint density at radius 1 is 1.18 bits per heavy atom. The van der Waals surface area contributed by atoms with Crippen LogP contribution in [0.1, 0.15) is 6.42 Å². The van der Waals surface area contributed by atoms with E-state index in [0.717, 1.165) is 12.5 Å². The smallest absolute Gasteiger partial charge is 0.0506 e. The van der Waals surface area contributed by atoms with Crippen LogP contribution in [0, 0.1) is 5.92 Å². The highest BCUT2D eigenvalue weighted by Gasteiger charge is 2.26. The predicted octanol–water partition coefficient (Wildman–Crippen LogP) is -0.460. The van der Waals surface area contributed by atoms with Gasteiger partial charge in [-0.15, -0.1) is 0 Å². The Balaban J connectivity index is 1.94. The van der Waals surface area contributed by atoms with Gasteiger partial charge in [-0.25, -0.2) is 0 Å². The highest BCUT2D eigenvalue weighted by atomic mass is 15.4. The molecule has 2 N–H and O–H groups in total. The van der Waals surface area contributed by atoms with E-state index in [1.807, 2.05) is 0 Å². The fourth-order valence-corrected chi connectivity index (χ4v) is 2.18. The highest BCUT2D eigenvalue weighted by Crippen LogP contribution is 2.15. The molecule has 64 valence electrons. The number of fused-ring (bicyclic) bond motifs is 2. The van der Waals surface area contributed by atoms with E-state index in [1.165, 1.54) is 39.3 Å². The van der Waals surface area contributed by atoms with Gasteiger partial charge in [0.25, 0.3) is 0 Å². The predicted molar refractivity (Wildman–Crippen MR) is 45.2 cm³/mol. The lowest BCUT2D eigenvalue weighted by molar-refractivity contribution is 0.0154. The van der Waals surface area contributed by atoms with Crippen molar-refractivity contribution in [1.29, 1.82) is 0 Å². The second kappa shape index (κ2) is 3.09. The van der Waals surface area contributed by atoms with E-state index in [2.05, 4.69) is 9.80 Å². The van der Waals surface area contributed by atoms with E-state index in [4.69, 9.17) is 5.73 Å². The second-order valence-electron chi connectivity index (χ2n) is 3.75. The largest absolute Gasteiger partial charge is 0.330 e. The molecule has 3 nitrogen and oxygen atoms in total. The summed E-state index contributed by atoms with van der Waals surface area (Å²) in [7, 11) is 0. The minimum absolute atomic E-state index is 0.726. The van der Waals surface area contributed by atoms with Crippen LogP contribution in [0.5, 0.6) is 0 Å². The zero-order valence-electron chi connectivity index (χ0n) is 7.00. The lowest BCUT2D eigenvalue weighted by Gasteiger charge is -2.43. The van der Waals surface area contributed by atoms with E-state index < -0.39 is 0 Å². The van der Waals surface area contributed by atoms with Gasteiger partial charge in [0.2, 0.25) is 0 Å². The summed E-state index contributed by atoms with van der Waals surface area (Å²) < 4.78 is 0. The highest BCUT2D eigenvalue weighted by molar-refractivity contribution is 4.80. The van der Waals surface area contributed by atoms with Crippen molar-refractivity contribution in [3.63, 3.8) is 0 Å². The van der Waals surface area contributed by atoms with Crippen LogP contribution in [0.3, 0.4) is 0 Å². The maximum atomic E-state index is 5.65. The molecule has 2 heterocycles. The van der Waals surface area contributed by atoms with Gasteiger partial charge in [-0.3, -0.25) is 9.80 Å². The van der Waals surface area contributed by atoms with E-state index >= 15 is 0 Å².